The van der Waals surface area contributed by atoms with E-state index in [-0.39, 0.29) is 24.9 Å². The summed E-state index contributed by atoms with van der Waals surface area (Å²) in [6.07, 6.45) is 2.85. The monoisotopic (exact) mass is 282 g/mol. The number of benzene rings is 1. The number of hydrogen-bond acceptors (Lipinski definition) is 3. The Bertz CT molecular complexity index is 389. The van der Waals surface area contributed by atoms with E-state index in [4.69, 9.17) is 5.11 Å². The molecule has 0 saturated heterocycles. The van der Waals surface area contributed by atoms with Crippen LogP contribution >= 0.6 is 0 Å². The van der Waals surface area contributed by atoms with Gasteiger partial charge in [0, 0.05) is 12.3 Å². The molecule has 0 aliphatic heterocycles. The maximum Gasteiger partial charge on any atom is 0.238 e. The van der Waals surface area contributed by atoms with E-state index in [0.717, 1.165) is 19.3 Å². The summed E-state index contributed by atoms with van der Waals surface area (Å²) in [6, 6.07) is 5.67. The molecule has 4 nitrogen and oxygen atoms in total. The quantitative estimate of drug-likeness (QED) is 0.650. The summed E-state index contributed by atoms with van der Waals surface area (Å²) >= 11 is 0. The Kier molecular flexibility index (Phi) is 7.84. The summed E-state index contributed by atoms with van der Waals surface area (Å²) in [5.41, 5.74) is 0.582. The van der Waals surface area contributed by atoms with Crippen LogP contribution in [0.1, 0.15) is 26.2 Å². The Labute approximate surface area is 119 Å². The van der Waals surface area contributed by atoms with Crippen LogP contribution < -0.4 is 10.6 Å². The molecule has 1 amide bonds. The maximum absolute atomic E-state index is 12.7. The Balaban J connectivity index is 2.26. The van der Waals surface area contributed by atoms with E-state index in [2.05, 4.69) is 17.6 Å². The van der Waals surface area contributed by atoms with Crippen LogP contribution in [0.2, 0.25) is 0 Å². The fourth-order valence-electron chi connectivity index (χ4n) is 2.07. The number of rotatable bonds is 9. The lowest BCUT2D eigenvalue weighted by Gasteiger charge is -2.15. The molecule has 1 aromatic carbocycles. The molecule has 0 spiro atoms. The van der Waals surface area contributed by atoms with Gasteiger partial charge in [0.1, 0.15) is 5.82 Å². The van der Waals surface area contributed by atoms with Gasteiger partial charge in [-0.25, -0.2) is 4.39 Å². The third-order valence-electron chi connectivity index (χ3n) is 3.08. The van der Waals surface area contributed by atoms with Crippen LogP contribution in [0.3, 0.4) is 0 Å². The van der Waals surface area contributed by atoms with Gasteiger partial charge in [0.2, 0.25) is 5.91 Å². The van der Waals surface area contributed by atoms with Crippen molar-refractivity contribution in [2.24, 2.45) is 5.92 Å². The average Bonchev–Trinajstić information content (AvgIpc) is 2.42. The Morgan fingerprint density at radius 3 is 2.60 bits per heavy atom. The molecular formula is C15H23FN2O2. The summed E-state index contributed by atoms with van der Waals surface area (Å²) < 4.78 is 12.7. The third-order valence-corrected chi connectivity index (χ3v) is 3.08. The highest BCUT2D eigenvalue weighted by atomic mass is 19.1. The van der Waals surface area contributed by atoms with E-state index in [9.17, 15) is 9.18 Å². The first kappa shape index (κ1) is 16.6. The highest BCUT2D eigenvalue weighted by Crippen LogP contribution is 2.09. The zero-order chi connectivity index (χ0) is 14.8. The van der Waals surface area contributed by atoms with Crippen LogP contribution in [0.25, 0.3) is 0 Å². The van der Waals surface area contributed by atoms with E-state index in [1.807, 2.05) is 0 Å². The summed E-state index contributed by atoms with van der Waals surface area (Å²) in [5, 5.41) is 14.7. The Hall–Kier alpha value is -1.46. The molecule has 0 heterocycles. The van der Waals surface area contributed by atoms with Gasteiger partial charge < -0.3 is 15.7 Å². The zero-order valence-corrected chi connectivity index (χ0v) is 11.9. The smallest absolute Gasteiger partial charge is 0.238 e. The second-order valence-electron chi connectivity index (χ2n) is 4.85. The molecule has 1 atom stereocenters. The van der Waals surface area contributed by atoms with Crippen LogP contribution in [-0.4, -0.2) is 30.7 Å². The topological polar surface area (TPSA) is 61.4 Å². The molecule has 3 N–H and O–H groups in total. The lowest BCUT2D eigenvalue weighted by molar-refractivity contribution is -0.115. The third kappa shape index (κ3) is 6.63. The number of carbonyl (C=O) groups is 1. The van der Waals surface area contributed by atoms with E-state index in [1.54, 1.807) is 0 Å². The van der Waals surface area contributed by atoms with Crippen molar-refractivity contribution in [3.05, 3.63) is 30.1 Å². The van der Waals surface area contributed by atoms with Gasteiger partial charge in [0.15, 0.2) is 0 Å². The van der Waals surface area contributed by atoms with Crippen LogP contribution in [-0.2, 0) is 4.79 Å². The van der Waals surface area contributed by atoms with Gasteiger partial charge in [-0.15, -0.1) is 0 Å². The number of halogens is 1. The highest BCUT2D eigenvalue weighted by molar-refractivity contribution is 5.92. The van der Waals surface area contributed by atoms with Gasteiger partial charge in [-0.3, -0.25) is 4.79 Å². The summed E-state index contributed by atoms with van der Waals surface area (Å²) in [6.45, 7) is 3.20. The zero-order valence-electron chi connectivity index (χ0n) is 11.9. The normalized spacial score (nSPS) is 12.2. The van der Waals surface area contributed by atoms with Crippen molar-refractivity contribution in [3.8, 4) is 0 Å². The minimum Gasteiger partial charge on any atom is -0.396 e. The molecule has 1 aromatic rings. The van der Waals surface area contributed by atoms with Gasteiger partial charge in [0.05, 0.1) is 6.54 Å². The van der Waals surface area contributed by atoms with Crippen molar-refractivity contribution in [2.45, 2.75) is 26.2 Å². The van der Waals surface area contributed by atoms with Gasteiger partial charge in [0.25, 0.3) is 0 Å². The number of nitrogens with one attached hydrogen (secondary N) is 2. The van der Waals surface area contributed by atoms with E-state index < -0.39 is 0 Å². The first-order chi connectivity index (χ1) is 9.65. The van der Waals surface area contributed by atoms with Crippen molar-refractivity contribution in [1.82, 2.24) is 5.32 Å². The SMILES string of the molecule is CCCC(CCO)CNCC(=O)Nc1ccc(F)cc1. The minimum atomic E-state index is -0.326. The molecule has 0 saturated carbocycles. The maximum atomic E-state index is 12.7. The van der Waals surface area contributed by atoms with E-state index in [0.29, 0.717) is 18.2 Å². The molecule has 0 fully saturated rings. The Morgan fingerprint density at radius 1 is 1.30 bits per heavy atom. The highest BCUT2D eigenvalue weighted by Gasteiger charge is 2.08. The predicted molar refractivity (Wildman–Crippen MR) is 78.0 cm³/mol. The molecule has 0 radical (unpaired) electrons. The standard InChI is InChI=1S/C15H23FN2O2/c1-2-3-12(8-9-19)10-17-11-15(20)18-14-6-4-13(16)5-7-14/h4-7,12,17,19H,2-3,8-11H2,1H3,(H,18,20). The van der Waals surface area contributed by atoms with Crippen molar-refractivity contribution in [2.75, 3.05) is 25.0 Å². The largest absolute Gasteiger partial charge is 0.396 e. The van der Waals surface area contributed by atoms with Crippen LogP contribution in [0.15, 0.2) is 24.3 Å². The molecule has 0 aliphatic carbocycles. The van der Waals surface area contributed by atoms with Crippen LogP contribution in [0.5, 0.6) is 0 Å². The summed E-state index contributed by atoms with van der Waals surface area (Å²) in [5.74, 6) is -0.0907. The summed E-state index contributed by atoms with van der Waals surface area (Å²) in [7, 11) is 0. The number of anilines is 1. The number of hydrogen-bond donors (Lipinski definition) is 3. The molecule has 1 unspecified atom stereocenters. The number of aliphatic hydroxyl groups is 1. The van der Waals surface area contributed by atoms with Crippen molar-refractivity contribution < 1.29 is 14.3 Å². The second kappa shape index (κ2) is 9.44. The molecule has 0 bridgehead atoms. The average molecular weight is 282 g/mol. The van der Waals surface area contributed by atoms with Crippen molar-refractivity contribution in [1.29, 1.82) is 0 Å². The predicted octanol–water partition coefficient (Wildman–Crippen LogP) is 2.15. The molecule has 20 heavy (non-hydrogen) atoms. The fraction of sp³-hybridized carbons (Fsp3) is 0.533. The lowest BCUT2D eigenvalue weighted by Crippen LogP contribution is -2.32. The number of amides is 1. The first-order valence-electron chi connectivity index (χ1n) is 7.02. The molecule has 0 aromatic heterocycles. The van der Waals surface area contributed by atoms with Crippen molar-refractivity contribution >= 4 is 11.6 Å². The molecule has 0 aliphatic rings. The molecule has 5 heteroatoms. The lowest BCUT2D eigenvalue weighted by atomic mass is 10.0. The molecule has 112 valence electrons. The first-order valence-corrected chi connectivity index (χ1v) is 7.02. The summed E-state index contributed by atoms with van der Waals surface area (Å²) in [4.78, 5) is 11.7. The number of aliphatic hydroxyl groups excluding tert-OH is 1. The van der Waals surface area contributed by atoms with E-state index >= 15 is 0 Å². The molecule has 1 rings (SSSR count). The van der Waals surface area contributed by atoms with Gasteiger partial charge in [-0.2, -0.15) is 0 Å². The Morgan fingerprint density at radius 2 is 2.00 bits per heavy atom. The van der Waals surface area contributed by atoms with Crippen molar-refractivity contribution in [3.63, 3.8) is 0 Å². The number of carbonyl (C=O) groups excluding carboxylic acids is 1. The molecular weight excluding hydrogens is 259 g/mol. The van der Waals surface area contributed by atoms with Crippen LogP contribution in [0, 0.1) is 11.7 Å². The van der Waals surface area contributed by atoms with Gasteiger partial charge in [-0.05, 0) is 49.6 Å². The van der Waals surface area contributed by atoms with Crippen LogP contribution in [0.4, 0.5) is 10.1 Å². The minimum absolute atomic E-state index is 0.157. The second-order valence-corrected chi connectivity index (χ2v) is 4.85. The van der Waals surface area contributed by atoms with Gasteiger partial charge >= 0.3 is 0 Å². The van der Waals surface area contributed by atoms with Gasteiger partial charge in [-0.1, -0.05) is 13.3 Å². The van der Waals surface area contributed by atoms with E-state index in [1.165, 1.54) is 24.3 Å². The fourth-order valence-corrected chi connectivity index (χ4v) is 2.07.